The molecule has 0 spiro atoms. The van der Waals surface area contributed by atoms with Crippen LogP contribution in [-0.4, -0.2) is 12.5 Å². The highest BCUT2D eigenvalue weighted by molar-refractivity contribution is 5.94. The number of hydrogen-bond donors (Lipinski definition) is 2. The van der Waals surface area contributed by atoms with E-state index in [0.717, 1.165) is 11.6 Å². The molecule has 0 aromatic heterocycles. The molecule has 3 nitrogen and oxygen atoms in total. The van der Waals surface area contributed by atoms with Crippen LogP contribution >= 0.6 is 0 Å². The predicted molar refractivity (Wildman–Crippen MR) is 86.2 cm³/mol. The van der Waals surface area contributed by atoms with E-state index >= 15 is 0 Å². The molecule has 1 atom stereocenters. The summed E-state index contributed by atoms with van der Waals surface area (Å²) in [5.41, 5.74) is 7.78. The first-order chi connectivity index (χ1) is 10.9. The van der Waals surface area contributed by atoms with Gasteiger partial charge in [-0.05, 0) is 29.2 Å². The minimum Gasteiger partial charge on any atom is -0.350 e. The zero-order valence-electron chi connectivity index (χ0n) is 13.1. The van der Waals surface area contributed by atoms with E-state index < -0.39 is 23.6 Å². The van der Waals surface area contributed by atoms with Gasteiger partial charge in [-0.2, -0.15) is 0 Å². The molecular weight excluding hydrogens is 298 g/mol. The summed E-state index contributed by atoms with van der Waals surface area (Å²) in [6, 6.07) is 10.9. The van der Waals surface area contributed by atoms with Gasteiger partial charge in [0.1, 0.15) is 0 Å². The molecule has 1 amide bonds. The van der Waals surface area contributed by atoms with Crippen molar-refractivity contribution < 1.29 is 13.6 Å². The summed E-state index contributed by atoms with van der Waals surface area (Å²) in [6.45, 7) is 4.33. The summed E-state index contributed by atoms with van der Waals surface area (Å²) in [5.74, 6) is -2.46. The van der Waals surface area contributed by atoms with Gasteiger partial charge >= 0.3 is 0 Å². The smallest absolute Gasteiger partial charge is 0.254 e. The lowest BCUT2D eigenvalue weighted by atomic mass is 9.99. The quantitative estimate of drug-likeness (QED) is 0.886. The largest absolute Gasteiger partial charge is 0.350 e. The maximum atomic E-state index is 13.6. The van der Waals surface area contributed by atoms with Crippen LogP contribution in [0.25, 0.3) is 0 Å². The zero-order chi connectivity index (χ0) is 17.0. The van der Waals surface area contributed by atoms with Crippen LogP contribution in [0.2, 0.25) is 0 Å². The average molecular weight is 318 g/mol. The summed E-state index contributed by atoms with van der Waals surface area (Å²) >= 11 is 0. The monoisotopic (exact) mass is 318 g/mol. The number of halogens is 2. The fourth-order valence-electron chi connectivity index (χ4n) is 2.22. The minimum atomic E-state index is -1.15. The molecule has 0 bridgehead atoms. The number of rotatable bonds is 5. The van der Waals surface area contributed by atoms with Gasteiger partial charge in [-0.25, -0.2) is 8.78 Å². The van der Waals surface area contributed by atoms with Crippen molar-refractivity contribution in [1.29, 1.82) is 0 Å². The van der Waals surface area contributed by atoms with Crippen LogP contribution in [0.5, 0.6) is 0 Å². The Morgan fingerprint density at radius 2 is 1.70 bits per heavy atom. The van der Waals surface area contributed by atoms with Crippen LogP contribution in [0, 0.1) is 11.6 Å². The standard InChI is InChI=1S/C18H20F2N2O/c1-11(2)12-6-8-13(9-7-12)16(21)10-22-18(23)14-4-3-5-15(19)17(14)20/h3-9,11,16H,10,21H2,1-2H3,(H,22,23). The number of hydrogen-bond acceptors (Lipinski definition) is 2. The first-order valence-corrected chi connectivity index (χ1v) is 7.47. The number of carbonyl (C=O) groups is 1. The Bertz CT molecular complexity index is 684. The highest BCUT2D eigenvalue weighted by atomic mass is 19.2. The van der Waals surface area contributed by atoms with Crippen LogP contribution in [-0.2, 0) is 0 Å². The van der Waals surface area contributed by atoms with E-state index in [-0.39, 0.29) is 12.1 Å². The number of benzene rings is 2. The SMILES string of the molecule is CC(C)c1ccc(C(N)CNC(=O)c2cccc(F)c2F)cc1. The number of carbonyl (C=O) groups excluding carboxylic acids is 1. The van der Waals surface area contributed by atoms with E-state index in [1.54, 1.807) is 0 Å². The fourth-order valence-corrected chi connectivity index (χ4v) is 2.22. The molecule has 5 heteroatoms. The maximum Gasteiger partial charge on any atom is 0.254 e. The summed E-state index contributed by atoms with van der Waals surface area (Å²) in [7, 11) is 0. The van der Waals surface area contributed by atoms with E-state index in [9.17, 15) is 13.6 Å². The predicted octanol–water partition coefficient (Wildman–Crippen LogP) is 3.52. The van der Waals surface area contributed by atoms with Crippen molar-refractivity contribution in [3.63, 3.8) is 0 Å². The van der Waals surface area contributed by atoms with Crippen molar-refractivity contribution in [3.8, 4) is 0 Å². The molecule has 0 aliphatic heterocycles. The molecule has 2 rings (SSSR count). The third kappa shape index (κ3) is 4.13. The molecule has 122 valence electrons. The Balaban J connectivity index is 1.99. The summed E-state index contributed by atoms with van der Waals surface area (Å²) in [4.78, 5) is 11.9. The van der Waals surface area contributed by atoms with Crippen LogP contribution in [0.1, 0.15) is 47.3 Å². The van der Waals surface area contributed by atoms with Crippen LogP contribution in [0.4, 0.5) is 8.78 Å². The number of nitrogens with two attached hydrogens (primary N) is 1. The Morgan fingerprint density at radius 1 is 1.09 bits per heavy atom. The lowest BCUT2D eigenvalue weighted by Gasteiger charge is -2.15. The third-order valence-corrected chi connectivity index (χ3v) is 3.71. The van der Waals surface area contributed by atoms with E-state index in [1.165, 1.54) is 17.7 Å². The first-order valence-electron chi connectivity index (χ1n) is 7.47. The van der Waals surface area contributed by atoms with E-state index in [1.807, 2.05) is 24.3 Å². The molecule has 0 heterocycles. The third-order valence-electron chi connectivity index (χ3n) is 3.71. The highest BCUT2D eigenvalue weighted by Crippen LogP contribution is 2.17. The molecule has 3 N–H and O–H groups in total. The van der Waals surface area contributed by atoms with Crippen molar-refractivity contribution in [2.45, 2.75) is 25.8 Å². The normalized spacial score (nSPS) is 12.3. The van der Waals surface area contributed by atoms with E-state index in [4.69, 9.17) is 5.73 Å². The molecular formula is C18H20F2N2O. The lowest BCUT2D eigenvalue weighted by Crippen LogP contribution is -2.32. The second-order valence-corrected chi connectivity index (χ2v) is 5.74. The van der Waals surface area contributed by atoms with Crippen LogP contribution in [0.15, 0.2) is 42.5 Å². The molecule has 0 saturated carbocycles. The molecule has 0 aliphatic carbocycles. The van der Waals surface area contributed by atoms with Crippen molar-refractivity contribution in [2.24, 2.45) is 5.73 Å². The summed E-state index contributed by atoms with van der Waals surface area (Å²) in [6.07, 6.45) is 0. The molecule has 2 aromatic carbocycles. The summed E-state index contributed by atoms with van der Waals surface area (Å²) in [5, 5.41) is 2.53. The van der Waals surface area contributed by atoms with Crippen molar-refractivity contribution in [3.05, 3.63) is 70.8 Å². The molecule has 2 aromatic rings. The Hall–Kier alpha value is -2.27. The van der Waals surface area contributed by atoms with Gasteiger partial charge in [0.25, 0.3) is 5.91 Å². The Kier molecular flexibility index (Phi) is 5.45. The highest BCUT2D eigenvalue weighted by Gasteiger charge is 2.16. The van der Waals surface area contributed by atoms with Crippen molar-refractivity contribution >= 4 is 5.91 Å². The number of amides is 1. The van der Waals surface area contributed by atoms with Gasteiger partial charge in [0.05, 0.1) is 5.56 Å². The second-order valence-electron chi connectivity index (χ2n) is 5.74. The summed E-state index contributed by atoms with van der Waals surface area (Å²) < 4.78 is 26.7. The molecule has 23 heavy (non-hydrogen) atoms. The fraction of sp³-hybridized carbons (Fsp3) is 0.278. The van der Waals surface area contributed by atoms with Crippen molar-refractivity contribution in [2.75, 3.05) is 6.54 Å². The topological polar surface area (TPSA) is 55.1 Å². The van der Waals surface area contributed by atoms with Gasteiger partial charge < -0.3 is 11.1 Å². The van der Waals surface area contributed by atoms with E-state index in [2.05, 4.69) is 19.2 Å². The average Bonchev–Trinajstić information content (AvgIpc) is 2.55. The molecule has 0 fully saturated rings. The van der Waals surface area contributed by atoms with Gasteiger partial charge in [0, 0.05) is 12.6 Å². The molecule has 1 unspecified atom stereocenters. The second kappa shape index (κ2) is 7.33. The van der Waals surface area contributed by atoms with Gasteiger partial charge in [-0.3, -0.25) is 4.79 Å². The maximum absolute atomic E-state index is 13.6. The molecule has 0 saturated heterocycles. The van der Waals surface area contributed by atoms with Gasteiger partial charge in [-0.15, -0.1) is 0 Å². The van der Waals surface area contributed by atoms with E-state index in [0.29, 0.717) is 5.92 Å². The van der Waals surface area contributed by atoms with Gasteiger partial charge in [0.15, 0.2) is 11.6 Å². The molecule has 0 aliphatic rings. The zero-order valence-corrected chi connectivity index (χ0v) is 13.1. The number of nitrogens with one attached hydrogen (secondary N) is 1. The van der Waals surface area contributed by atoms with Crippen LogP contribution in [0.3, 0.4) is 0 Å². The minimum absolute atomic E-state index is 0.135. The van der Waals surface area contributed by atoms with Crippen LogP contribution < -0.4 is 11.1 Å². The lowest BCUT2D eigenvalue weighted by molar-refractivity contribution is 0.0946. The Morgan fingerprint density at radius 3 is 2.30 bits per heavy atom. The van der Waals surface area contributed by atoms with Gasteiger partial charge in [0.2, 0.25) is 0 Å². The van der Waals surface area contributed by atoms with Gasteiger partial charge in [-0.1, -0.05) is 44.2 Å². The first kappa shape index (κ1) is 17.1. The molecule has 0 radical (unpaired) electrons. The van der Waals surface area contributed by atoms with Crippen molar-refractivity contribution in [1.82, 2.24) is 5.32 Å². The Labute approximate surface area is 134 Å².